The molecular weight excluding hydrogens is 551 g/mol. The van der Waals surface area contributed by atoms with Crippen molar-refractivity contribution in [3.05, 3.63) is 69.9 Å². The van der Waals surface area contributed by atoms with Crippen LogP contribution in [0.5, 0.6) is 0 Å². The van der Waals surface area contributed by atoms with Crippen LogP contribution in [0.3, 0.4) is 0 Å². The minimum absolute atomic E-state index is 0.140. The molecule has 8 nitrogen and oxygen atoms in total. The van der Waals surface area contributed by atoms with Crippen LogP contribution in [0, 0.1) is 5.92 Å². The minimum atomic E-state index is -4.85. The molecule has 210 valence electrons. The lowest BCUT2D eigenvalue weighted by atomic mass is 9.87. The molecular formula is C28H25ClF3N3O5. The van der Waals surface area contributed by atoms with Crippen molar-refractivity contribution in [2.24, 2.45) is 5.92 Å². The molecule has 1 N–H and O–H groups in total. The van der Waals surface area contributed by atoms with Crippen LogP contribution in [0.25, 0.3) is 16.5 Å². The van der Waals surface area contributed by atoms with E-state index in [1.165, 1.54) is 12.1 Å². The van der Waals surface area contributed by atoms with Gasteiger partial charge in [0.05, 0.1) is 46.0 Å². The molecule has 5 rings (SSSR count). The summed E-state index contributed by atoms with van der Waals surface area (Å²) in [6, 6.07) is 7.72. The molecule has 0 radical (unpaired) electrons. The van der Waals surface area contributed by atoms with Crippen molar-refractivity contribution >= 4 is 45.9 Å². The number of ether oxygens (including phenoxy) is 1. The smallest absolute Gasteiger partial charge is 0.417 e. The Morgan fingerprint density at radius 1 is 1.15 bits per heavy atom. The van der Waals surface area contributed by atoms with Crippen LogP contribution in [0.1, 0.15) is 58.2 Å². The van der Waals surface area contributed by atoms with E-state index in [1.807, 2.05) is 6.92 Å². The number of rotatable bonds is 4. The summed E-state index contributed by atoms with van der Waals surface area (Å²) in [5, 5.41) is 13.8. The van der Waals surface area contributed by atoms with Crippen LogP contribution in [-0.4, -0.2) is 63.4 Å². The average molecular weight is 576 g/mol. The first kappa shape index (κ1) is 27.9. The highest BCUT2D eigenvalue weighted by atomic mass is 35.5. The number of carbonyl (C=O) groups is 3. The van der Waals surface area contributed by atoms with Gasteiger partial charge in [-0.1, -0.05) is 23.7 Å². The van der Waals surface area contributed by atoms with Gasteiger partial charge >= 0.3 is 12.1 Å². The lowest BCUT2D eigenvalue weighted by Gasteiger charge is -2.31. The Kier molecular flexibility index (Phi) is 7.45. The zero-order valence-electron chi connectivity index (χ0n) is 21.4. The number of alkyl halides is 3. The molecule has 2 atom stereocenters. The SMILES string of the molecule is CC1CN(C(=O)c2ccc3c(C4=CCC(C(=O)O)CC4)nn(C(=O)c4c(Cl)cccc4C(F)(F)F)c3c2)CCO1. The number of allylic oxidation sites excluding steroid dienone is 2. The maximum atomic E-state index is 13.9. The Labute approximate surface area is 232 Å². The van der Waals surface area contributed by atoms with Gasteiger partial charge in [0.15, 0.2) is 0 Å². The fraction of sp³-hybridized carbons (Fsp3) is 0.357. The summed E-state index contributed by atoms with van der Waals surface area (Å²) in [6.45, 7) is 2.95. The monoisotopic (exact) mass is 575 g/mol. The first-order valence-corrected chi connectivity index (χ1v) is 13.1. The van der Waals surface area contributed by atoms with Crippen LogP contribution >= 0.6 is 11.6 Å². The van der Waals surface area contributed by atoms with Gasteiger partial charge in [0.1, 0.15) is 0 Å². The predicted octanol–water partition coefficient (Wildman–Crippen LogP) is 5.53. The van der Waals surface area contributed by atoms with E-state index in [9.17, 15) is 32.7 Å². The fourth-order valence-corrected chi connectivity index (χ4v) is 5.44. The molecule has 1 aliphatic heterocycles. The van der Waals surface area contributed by atoms with Crippen molar-refractivity contribution in [2.45, 2.75) is 38.5 Å². The number of nitrogens with zero attached hydrogens (tertiary/aromatic N) is 3. The fourth-order valence-electron chi connectivity index (χ4n) is 5.18. The molecule has 0 spiro atoms. The quantitative estimate of drug-likeness (QED) is 0.439. The van der Waals surface area contributed by atoms with Crippen LogP contribution in [-0.2, 0) is 15.7 Å². The van der Waals surface area contributed by atoms with E-state index in [4.69, 9.17) is 16.3 Å². The van der Waals surface area contributed by atoms with E-state index in [-0.39, 0.29) is 34.5 Å². The summed E-state index contributed by atoms with van der Waals surface area (Å²) in [7, 11) is 0. The van der Waals surface area contributed by atoms with Gasteiger partial charge in [-0.2, -0.15) is 23.0 Å². The molecule has 2 aromatic carbocycles. The summed E-state index contributed by atoms with van der Waals surface area (Å²) in [5.74, 6) is -2.89. The van der Waals surface area contributed by atoms with E-state index >= 15 is 0 Å². The van der Waals surface area contributed by atoms with E-state index in [0.29, 0.717) is 49.2 Å². The Morgan fingerprint density at radius 3 is 2.58 bits per heavy atom. The average Bonchev–Trinajstić information content (AvgIpc) is 3.30. The molecule has 2 unspecified atom stereocenters. The number of aliphatic carboxylic acids is 1. The second-order valence-electron chi connectivity index (χ2n) is 9.93. The van der Waals surface area contributed by atoms with Crippen LogP contribution in [0.4, 0.5) is 13.2 Å². The molecule has 1 aromatic heterocycles. The number of halogens is 4. The third kappa shape index (κ3) is 5.23. The highest BCUT2D eigenvalue weighted by Gasteiger charge is 2.37. The Bertz CT molecular complexity index is 1550. The van der Waals surface area contributed by atoms with Crippen molar-refractivity contribution in [3.63, 3.8) is 0 Å². The maximum Gasteiger partial charge on any atom is 0.417 e. The second kappa shape index (κ2) is 10.7. The molecule has 40 heavy (non-hydrogen) atoms. The molecule has 1 fully saturated rings. The summed E-state index contributed by atoms with van der Waals surface area (Å²) in [5.41, 5.74) is -0.569. The number of carboxylic acids is 1. The molecule has 2 heterocycles. The number of carboxylic acid groups (broad SMARTS) is 1. The predicted molar refractivity (Wildman–Crippen MR) is 140 cm³/mol. The zero-order chi connectivity index (χ0) is 28.8. The van der Waals surface area contributed by atoms with Gasteiger partial charge in [-0.05, 0) is 62.1 Å². The summed E-state index contributed by atoms with van der Waals surface area (Å²) in [6.07, 6.45) is -2.34. The summed E-state index contributed by atoms with van der Waals surface area (Å²) < 4.78 is 48.0. The number of hydrogen-bond acceptors (Lipinski definition) is 5. The molecule has 2 aliphatic rings. The van der Waals surface area contributed by atoms with Crippen molar-refractivity contribution in [2.75, 3.05) is 19.7 Å². The van der Waals surface area contributed by atoms with Crippen molar-refractivity contribution in [1.82, 2.24) is 14.7 Å². The third-order valence-electron chi connectivity index (χ3n) is 7.25. The van der Waals surface area contributed by atoms with Gasteiger partial charge in [-0.15, -0.1) is 0 Å². The maximum absolute atomic E-state index is 13.9. The van der Waals surface area contributed by atoms with Gasteiger partial charge in [0.2, 0.25) is 0 Å². The highest BCUT2D eigenvalue weighted by Crippen LogP contribution is 2.38. The van der Waals surface area contributed by atoms with Crippen molar-refractivity contribution in [3.8, 4) is 0 Å². The zero-order valence-corrected chi connectivity index (χ0v) is 22.1. The van der Waals surface area contributed by atoms with Crippen LogP contribution in [0.15, 0.2) is 42.5 Å². The number of fused-ring (bicyclic) bond motifs is 1. The molecule has 1 aliphatic carbocycles. The van der Waals surface area contributed by atoms with E-state index in [0.717, 1.165) is 16.8 Å². The van der Waals surface area contributed by atoms with Gasteiger partial charge in [0, 0.05) is 24.0 Å². The number of carbonyl (C=O) groups excluding carboxylic acids is 2. The van der Waals surface area contributed by atoms with Crippen molar-refractivity contribution in [1.29, 1.82) is 0 Å². The summed E-state index contributed by atoms with van der Waals surface area (Å²) in [4.78, 5) is 40.1. The lowest BCUT2D eigenvalue weighted by Crippen LogP contribution is -2.44. The molecule has 0 bridgehead atoms. The second-order valence-corrected chi connectivity index (χ2v) is 10.3. The molecule has 1 saturated heterocycles. The Hall–Kier alpha value is -3.70. The highest BCUT2D eigenvalue weighted by molar-refractivity contribution is 6.34. The molecule has 12 heteroatoms. The van der Waals surface area contributed by atoms with E-state index in [2.05, 4.69) is 5.10 Å². The van der Waals surface area contributed by atoms with Gasteiger partial charge < -0.3 is 14.7 Å². The first-order chi connectivity index (χ1) is 19.0. The Balaban J connectivity index is 1.65. The van der Waals surface area contributed by atoms with Crippen LogP contribution in [0.2, 0.25) is 5.02 Å². The Morgan fingerprint density at radius 2 is 1.93 bits per heavy atom. The third-order valence-corrected chi connectivity index (χ3v) is 7.56. The normalized spacial score (nSPS) is 19.9. The first-order valence-electron chi connectivity index (χ1n) is 12.7. The molecule has 3 aromatic rings. The van der Waals surface area contributed by atoms with Crippen LogP contribution < -0.4 is 0 Å². The number of benzene rings is 2. The largest absolute Gasteiger partial charge is 0.481 e. The van der Waals surface area contributed by atoms with E-state index in [1.54, 1.807) is 23.1 Å². The standard InChI is InChI=1S/C28H25ClF3N3O5/c1-15-14-34(11-12-40-15)25(36)18-9-10-19-22(13-18)35(33-24(19)16-5-7-17(8-6-16)27(38)39)26(37)23-20(28(30,31)32)3-2-4-21(23)29/h2-5,9-10,13,15,17H,6-8,11-12,14H2,1H3,(H,38,39). The van der Waals surface area contributed by atoms with Gasteiger partial charge in [-0.25, -0.2) is 0 Å². The van der Waals surface area contributed by atoms with Crippen molar-refractivity contribution < 1.29 is 37.4 Å². The molecule has 1 amide bonds. The van der Waals surface area contributed by atoms with Gasteiger partial charge in [-0.3, -0.25) is 14.4 Å². The number of morpholine rings is 1. The number of hydrogen-bond donors (Lipinski definition) is 1. The number of aromatic nitrogens is 2. The topological polar surface area (TPSA) is 102 Å². The molecule has 0 saturated carbocycles. The number of amides is 1. The summed E-state index contributed by atoms with van der Waals surface area (Å²) >= 11 is 6.13. The minimum Gasteiger partial charge on any atom is -0.481 e. The van der Waals surface area contributed by atoms with Gasteiger partial charge in [0.25, 0.3) is 11.8 Å². The van der Waals surface area contributed by atoms with E-state index < -0.39 is 35.1 Å². The lowest BCUT2D eigenvalue weighted by molar-refractivity contribution is -0.142.